The van der Waals surface area contributed by atoms with E-state index in [1.54, 1.807) is 36.7 Å². The lowest BCUT2D eigenvalue weighted by Gasteiger charge is -1.95. The van der Waals surface area contributed by atoms with Crippen molar-refractivity contribution in [2.45, 2.75) is 0 Å². The second-order valence-electron chi connectivity index (χ2n) is 3.93. The highest BCUT2D eigenvalue weighted by atomic mass is 32.1. The van der Waals surface area contributed by atoms with Gasteiger partial charge in [0.05, 0.1) is 18.2 Å². The van der Waals surface area contributed by atoms with Crippen molar-refractivity contribution < 1.29 is 8.81 Å². The van der Waals surface area contributed by atoms with Crippen LogP contribution in [0.25, 0.3) is 11.3 Å². The molecule has 0 aliphatic carbocycles. The van der Waals surface area contributed by atoms with Crippen LogP contribution in [0, 0.1) is 5.82 Å². The molecule has 0 amide bonds. The van der Waals surface area contributed by atoms with E-state index in [0.29, 0.717) is 10.9 Å². The van der Waals surface area contributed by atoms with Crippen LogP contribution in [-0.2, 0) is 0 Å². The van der Waals surface area contributed by atoms with Crippen molar-refractivity contribution in [3.63, 3.8) is 0 Å². The van der Waals surface area contributed by atoms with E-state index < -0.39 is 0 Å². The molecule has 3 aromatic rings. The summed E-state index contributed by atoms with van der Waals surface area (Å²) < 4.78 is 18.0. The molecular weight excluding hydrogens is 277 g/mol. The maximum atomic E-state index is 12.9. The molecule has 1 aromatic carbocycles. The Morgan fingerprint density at radius 2 is 2.10 bits per heavy atom. The van der Waals surface area contributed by atoms with E-state index >= 15 is 0 Å². The largest absolute Gasteiger partial charge is 0.463 e. The van der Waals surface area contributed by atoms with Crippen molar-refractivity contribution in [2.75, 3.05) is 5.43 Å². The number of halogens is 1. The minimum absolute atomic E-state index is 0.259. The van der Waals surface area contributed by atoms with E-state index in [9.17, 15) is 4.39 Å². The van der Waals surface area contributed by atoms with Crippen LogP contribution >= 0.6 is 11.3 Å². The lowest BCUT2D eigenvalue weighted by atomic mass is 10.2. The Hall–Kier alpha value is -2.47. The maximum absolute atomic E-state index is 12.9. The third kappa shape index (κ3) is 2.92. The monoisotopic (exact) mass is 287 g/mol. The van der Waals surface area contributed by atoms with Crippen LogP contribution in [0.3, 0.4) is 0 Å². The standard InChI is InChI=1S/C14H10FN3OS/c15-11-5-3-10(4-6-11)13-9-20-14(17-13)18-16-8-12-2-1-7-19-12/h1-9H,(H,17,18). The van der Waals surface area contributed by atoms with Crippen molar-refractivity contribution in [3.05, 3.63) is 59.6 Å². The molecule has 0 atom stereocenters. The van der Waals surface area contributed by atoms with Gasteiger partial charge in [0.15, 0.2) is 0 Å². The van der Waals surface area contributed by atoms with Gasteiger partial charge in [-0.2, -0.15) is 5.10 Å². The van der Waals surface area contributed by atoms with E-state index in [0.717, 1.165) is 11.3 Å². The van der Waals surface area contributed by atoms with Crippen LogP contribution < -0.4 is 5.43 Å². The number of hydrogen-bond donors (Lipinski definition) is 1. The third-order valence-electron chi connectivity index (χ3n) is 2.54. The molecule has 100 valence electrons. The second-order valence-corrected chi connectivity index (χ2v) is 4.79. The van der Waals surface area contributed by atoms with Crippen molar-refractivity contribution in [3.8, 4) is 11.3 Å². The first-order valence-electron chi connectivity index (χ1n) is 5.85. The number of hydrogen-bond acceptors (Lipinski definition) is 5. The smallest absolute Gasteiger partial charge is 0.203 e. The van der Waals surface area contributed by atoms with Gasteiger partial charge in [0.2, 0.25) is 5.13 Å². The third-order valence-corrected chi connectivity index (χ3v) is 3.29. The molecule has 4 nitrogen and oxygen atoms in total. The van der Waals surface area contributed by atoms with Crippen LogP contribution in [0.1, 0.15) is 5.76 Å². The Labute approximate surface area is 118 Å². The zero-order valence-corrected chi connectivity index (χ0v) is 11.1. The average Bonchev–Trinajstić information content (AvgIpc) is 3.11. The number of anilines is 1. The number of nitrogens with zero attached hydrogens (tertiary/aromatic N) is 2. The number of rotatable bonds is 4. The zero-order valence-electron chi connectivity index (χ0n) is 10.3. The molecular formula is C14H10FN3OS. The lowest BCUT2D eigenvalue weighted by Crippen LogP contribution is -1.89. The second kappa shape index (κ2) is 5.66. The molecule has 0 saturated carbocycles. The summed E-state index contributed by atoms with van der Waals surface area (Å²) in [5, 5.41) is 6.57. The Morgan fingerprint density at radius 1 is 1.25 bits per heavy atom. The maximum Gasteiger partial charge on any atom is 0.203 e. The molecule has 6 heteroatoms. The number of aromatic nitrogens is 1. The predicted octanol–water partition coefficient (Wildman–Crippen LogP) is 3.99. The van der Waals surface area contributed by atoms with Gasteiger partial charge in [0.1, 0.15) is 11.6 Å². The van der Waals surface area contributed by atoms with E-state index in [1.165, 1.54) is 23.5 Å². The highest BCUT2D eigenvalue weighted by Gasteiger charge is 2.03. The topological polar surface area (TPSA) is 50.4 Å². The molecule has 0 spiro atoms. The molecule has 2 aromatic heterocycles. The van der Waals surface area contributed by atoms with E-state index in [4.69, 9.17) is 4.42 Å². The van der Waals surface area contributed by atoms with Crippen molar-refractivity contribution >= 4 is 22.7 Å². The fourth-order valence-electron chi connectivity index (χ4n) is 1.59. The molecule has 2 heterocycles. The fourth-order valence-corrected chi connectivity index (χ4v) is 2.26. The molecule has 1 N–H and O–H groups in total. The summed E-state index contributed by atoms with van der Waals surface area (Å²) in [6, 6.07) is 9.81. The van der Waals surface area contributed by atoms with Crippen LogP contribution in [0.5, 0.6) is 0 Å². The van der Waals surface area contributed by atoms with Gasteiger partial charge >= 0.3 is 0 Å². The van der Waals surface area contributed by atoms with Crippen LogP contribution in [0.4, 0.5) is 9.52 Å². The highest BCUT2D eigenvalue weighted by molar-refractivity contribution is 7.14. The van der Waals surface area contributed by atoms with Crippen molar-refractivity contribution in [1.82, 2.24) is 4.98 Å². The van der Waals surface area contributed by atoms with Gasteiger partial charge in [-0.1, -0.05) is 0 Å². The first-order chi connectivity index (χ1) is 9.81. The molecule has 20 heavy (non-hydrogen) atoms. The van der Waals surface area contributed by atoms with Crippen LogP contribution in [0.15, 0.2) is 57.6 Å². The minimum Gasteiger partial charge on any atom is -0.463 e. The lowest BCUT2D eigenvalue weighted by molar-refractivity contribution is 0.560. The molecule has 0 bridgehead atoms. The first kappa shape index (κ1) is 12.6. The van der Waals surface area contributed by atoms with Gasteiger partial charge in [-0.25, -0.2) is 9.37 Å². The van der Waals surface area contributed by atoms with Gasteiger partial charge in [-0.15, -0.1) is 11.3 Å². The van der Waals surface area contributed by atoms with E-state index in [-0.39, 0.29) is 5.82 Å². The summed E-state index contributed by atoms with van der Waals surface area (Å²) in [5.74, 6) is 0.401. The van der Waals surface area contributed by atoms with Gasteiger partial charge in [0, 0.05) is 10.9 Å². The van der Waals surface area contributed by atoms with Gasteiger partial charge in [-0.05, 0) is 36.4 Å². The number of furan rings is 1. The summed E-state index contributed by atoms with van der Waals surface area (Å²) in [6.45, 7) is 0. The summed E-state index contributed by atoms with van der Waals surface area (Å²) >= 11 is 1.43. The number of hydrazone groups is 1. The molecule has 0 aliphatic heterocycles. The average molecular weight is 287 g/mol. The summed E-state index contributed by atoms with van der Waals surface area (Å²) in [4.78, 5) is 4.37. The van der Waals surface area contributed by atoms with E-state index in [1.807, 2.05) is 5.38 Å². The SMILES string of the molecule is Fc1ccc(-c2csc(NN=Cc3ccco3)n2)cc1. The highest BCUT2D eigenvalue weighted by Crippen LogP contribution is 2.24. The van der Waals surface area contributed by atoms with Gasteiger partial charge in [0.25, 0.3) is 0 Å². The molecule has 0 unspecified atom stereocenters. The Kier molecular flexibility index (Phi) is 3.56. The van der Waals surface area contributed by atoms with E-state index in [2.05, 4.69) is 15.5 Å². The molecule has 3 rings (SSSR count). The molecule has 0 saturated heterocycles. The van der Waals surface area contributed by atoms with Crippen molar-refractivity contribution in [1.29, 1.82) is 0 Å². The Balaban J connectivity index is 1.69. The Bertz CT molecular complexity index is 704. The predicted molar refractivity (Wildman–Crippen MR) is 77.4 cm³/mol. The van der Waals surface area contributed by atoms with Gasteiger partial charge in [-0.3, -0.25) is 5.43 Å². The fraction of sp³-hybridized carbons (Fsp3) is 0. The minimum atomic E-state index is -0.259. The number of nitrogens with one attached hydrogen (secondary N) is 1. The summed E-state index contributed by atoms with van der Waals surface area (Å²) in [5.41, 5.74) is 4.48. The molecule has 0 fully saturated rings. The quantitative estimate of drug-likeness (QED) is 0.583. The molecule has 0 aliphatic rings. The number of benzene rings is 1. The van der Waals surface area contributed by atoms with Gasteiger partial charge < -0.3 is 4.42 Å². The Morgan fingerprint density at radius 3 is 2.85 bits per heavy atom. The van der Waals surface area contributed by atoms with Crippen molar-refractivity contribution in [2.24, 2.45) is 5.10 Å². The summed E-state index contributed by atoms with van der Waals surface area (Å²) in [6.07, 6.45) is 3.15. The zero-order chi connectivity index (χ0) is 13.8. The van der Waals surface area contributed by atoms with Crippen LogP contribution in [0.2, 0.25) is 0 Å². The van der Waals surface area contributed by atoms with Crippen LogP contribution in [-0.4, -0.2) is 11.2 Å². The molecule has 0 radical (unpaired) electrons. The first-order valence-corrected chi connectivity index (χ1v) is 6.73. The summed E-state index contributed by atoms with van der Waals surface area (Å²) in [7, 11) is 0. The number of thiazole rings is 1. The normalized spacial score (nSPS) is 11.1.